The summed E-state index contributed by atoms with van der Waals surface area (Å²) in [5.41, 5.74) is 25.9. The Kier molecular flexibility index (Phi) is 23.8. The first-order chi connectivity index (χ1) is 45.1. The van der Waals surface area contributed by atoms with Gasteiger partial charge in [-0.3, -0.25) is 0 Å². The van der Waals surface area contributed by atoms with Gasteiger partial charge < -0.3 is 0 Å². The van der Waals surface area contributed by atoms with Crippen molar-refractivity contribution in [2.75, 3.05) is 0 Å². The molecule has 5 aromatic carbocycles. The Bertz CT molecular complexity index is 5110. The summed E-state index contributed by atoms with van der Waals surface area (Å²) in [4.78, 5) is 23.1. The molecule has 15 rings (SSSR count). The first-order valence-electron chi connectivity index (χ1n) is 31.7. The lowest BCUT2D eigenvalue weighted by molar-refractivity contribution is -0.635. The summed E-state index contributed by atoms with van der Waals surface area (Å²) < 4.78 is 25.1. The zero-order chi connectivity index (χ0) is 66.7. The lowest BCUT2D eigenvalue weighted by Crippen LogP contribution is -2.32. The predicted molar refractivity (Wildman–Crippen MR) is 413 cm³/mol. The number of thiazole rings is 5. The molecular formula is C81H93N10S5+5. The van der Waals surface area contributed by atoms with E-state index in [2.05, 4.69) is 310 Å². The van der Waals surface area contributed by atoms with Crippen LogP contribution in [-0.2, 0) is 35.2 Å². The first-order valence-corrected chi connectivity index (χ1v) is 35.3. The largest absolute Gasteiger partial charge is 0.342 e. The average molecular weight is 1370 g/mol. The summed E-state index contributed by atoms with van der Waals surface area (Å²) in [5, 5.41) is 4.29. The zero-order valence-electron chi connectivity index (χ0n) is 57.0. The molecule has 10 heterocycles. The molecule has 0 saturated carbocycles. The van der Waals surface area contributed by atoms with E-state index in [9.17, 15) is 0 Å². The van der Waals surface area contributed by atoms with E-state index < -0.39 is 5.89 Å². The van der Waals surface area contributed by atoms with Crippen LogP contribution >= 0.6 is 56.7 Å². The van der Waals surface area contributed by atoms with Gasteiger partial charge in [0.2, 0.25) is 20.0 Å². The number of fused-ring (bicyclic) bond motifs is 5. The van der Waals surface area contributed by atoms with Gasteiger partial charge >= 0.3 is 28.2 Å². The summed E-state index contributed by atoms with van der Waals surface area (Å²) in [6, 6.07) is 63.9. The molecule has 10 aromatic heterocycles. The van der Waals surface area contributed by atoms with E-state index in [1.165, 1.54) is 102 Å². The number of hydrogen-bond donors (Lipinski definition) is 0. The van der Waals surface area contributed by atoms with E-state index in [0.717, 1.165) is 53.7 Å². The fraction of sp³-hybridized carbons (Fsp3) is 0.259. The molecule has 10 nitrogen and oxygen atoms in total. The van der Waals surface area contributed by atoms with Crippen LogP contribution in [0.15, 0.2) is 188 Å². The standard InChI is InChI=1S/2C17H19N2S.2C15H15N2S.C14H13N2S.3CH4/c2*1-11(2)17-18-16-15(20-17)10-9-14(19(16)4)13-8-6-5-7-12(13)3;2*1-10-6-4-5-7-12(10)13-8-9-14-15(17(13)3)16-11(2)18-14;1-10-5-3-4-6-11(10)12-7-8-13-14(16(12)2)15-9-17-13;;;/h2*5-11H,1-4H3;2*4-9H,1-3H3;3-9H,1-2H3;3*1H4/q5*+1;;;/i11D;;;;;;;. The Morgan fingerprint density at radius 3 is 0.875 bits per heavy atom. The van der Waals surface area contributed by atoms with E-state index in [1.54, 1.807) is 56.7 Å². The van der Waals surface area contributed by atoms with Gasteiger partial charge in [-0.2, -0.15) is 0 Å². The second kappa shape index (κ2) is 31.9. The summed E-state index contributed by atoms with van der Waals surface area (Å²) in [6.07, 6.45) is 0. The molecule has 0 aliphatic carbocycles. The van der Waals surface area contributed by atoms with Gasteiger partial charge in [0.25, 0.3) is 0 Å². The summed E-state index contributed by atoms with van der Waals surface area (Å²) in [7, 11) is 10.4. The average Bonchev–Trinajstić information content (AvgIpc) is 1.71. The maximum absolute atomic E-state index is 8.17. The lowest BCUT2D eigenvalue weighted by Gasteiger charge is -2.06. The van der Waals surface area contributed by atoms with Crippen molar-refractivity contribution in [3.8, 4) is 56.3 Å². The highest BCUT2D eigenvalue weighted by molar-refractivity contribution is 7.19. The minimum atomic E-state index is -0.653. The Morgan fingerprint density at radius 1 is 0.312 bits per heavy atom. The molecule has 0 fully saturated rings. The molecule has 0 bridgehead atoms. The molecule has 96 heavy (non-hydrogen) atoms. The maximum Gasteiger partial charge on any atom is 0.342 e. The van der Waals surface area contributed by atoms with Crippen molar-refractivity contribution < 1.29 is 24.2 Å². The van der Waals surface area contributed by atoms with E-state index in [1.807, 2.05) is 26.4 Å². The van der Waals surface area contributed by atoms with Crippen LogP contribution in [0.1, 0.15) is 111 Å². The van der Waals surface area contributed by atoms with Crippen LogP contribution in [-0.4, -0.2) is 24.9 Å². The van der Waals surface area contributed by atoms with Crippen LogP contribution in [0.25, 0.3) is 108 Å². The van der Waals surface area contributed by atoms with E-state index in [4.69, 9.17) is 11.3 Å². The van der Waals surface area contributed by atoms with Crippen molar-refractivity contribution in [1.82, 2.24) is 24.9 Å². The quantitative estimate of drug-likeness (QED) is 0.148. The zero-order valence-corrected chi connectivity index (χ0v) is 60.1. The van der Waals surface area contributed by atoms with Crippen LogP contribution in [0.4, 0.5) is 0 Å². The van der Waals surface area contributed by atoms with Gasteiger partial charge in [-0.05, 0) is 148 Å². The molecule has 0 N–H and O–H groups in total. The Balaban J connectivity index is 0.000000154. The van der Waals surface area contributed by atoms with E-state index >= 15 is 0 Å². The number of pyridine rings is 5. The van der Waals surface area contributed by atoms with E-state index in [-0.39, 0.29) is 22.3 Å². The van der Waals surface area contributed by atoms with Gasteiger partial charge in [-0.1, -0.05) is 228 Å². The number of benzene rings is 5. The molecule has 0 saturated heterocycles. The van der Waals surface area contributed by atoms with Gasteiger partial charge in [0.15, 0.2) is 5.51 Å². The number of hydrogen-bond acceptors (Lipinski definition) is 10. The first kappa shape index (κ1) is 71.6. The van der Waals surface area contributed by atoms with Crippen LogP contribution in [0, 0.1) is 48.5 Å². The minimum absolute atomic E-state index is 0. The third-order valence-electron chi connectivity index (χ3n) is 16.7. The van der Waals surface area contributed by atoms with Gasteiger partial charge in [0, 0.05) is 54.8 Å². The highest BCUT2D eigenvalue weighted by Gasteiger charge is 2.24. The SMILES string of the molecule is C.C.C.Cc1ccccc1-c1ccc2sc(C(C)C)nc2[n+]1C.Cc1ccccc1-c1ccc2scnc2[n+]1C.Cc1nc2c(ccc(-c3ccccc3C)[n+]2C)s1.Cc1nc2c(ccc(-c3ccccc3C)[n+]2C)s1.[2H]C(C)(C)c1nc2c(ccc(-c3ccccc3C)[n+]2C)s1. The van der Waals surface area contributed by atoms with Gasteiger partial charge in [0.05, 0.1) is 35.2 Å². The maximum atomic E-state index is 8.17. The molecule has 0 aliphatic heterocycles. The van der Waals surface area contributed by atoms with Gasteiger partial charge in [0.1, 0.15) is 52.0 Å². The minimum Gasteiger partial charge on any atom is -0.225 e. The number of aromatic nitrogens is 10. The summed E-state index contributed by atoms with van der Waals surface area (Å²) in [5.74, 6) is -0.172. The molecule has 15 heteroatoms. The van der Waals surface area contributed by atoms with Crippen molar-refractivity contribution in [3.05, 3.63) is 235 Å². The number of nitrogens with zero attached hydrogens (tertiary/aromatic N) is 10. The van der Waals surface area contributed by atoms with Crippen molar-refractivity contribution in [3.63, 3.8) is 0 Å². The van der Waals surface area contributed by atoms with Crippen LogP contribution < -0.4 is 22.8 Å². The van der Waals surface area contributed by atoms with Crippen molar-refractivity contribution in [2.24, 2.45) is 35.2 Å². The molecule has 0 spiro atoms. The third kappa shape index (κ3) is 15.6. The monoisotopic (exact) mass is 1370 g/mol. The molecular weight excluding hydrogens is 1270 g/mol. The normalized spacial score (nSPS) is 11.1. The molecule has 0 amide bonds. The molecule has 0 aliphatic rings. The second-order valence-electron chi connectivity index (χ2n) is 23.9. The molecule has 0 atom stereocenters. The molecule has 0 radical (unpaired) electrons. The lowest BCUT2D eigenvalue weighted by atomic mass is 10.1. The van der Waals surface area contributed by atoms with Crippen LogP contribution in [0.2, 0.25) is 0 Å². The molecule has 0 unspecified atom stereocenters. The Labute approximate surface area is 590 Å². The van der Waals surface area contributed by atoms with E-state index in [0.29, 0.717) is 5.92 Å². The number of aryl methyl sites for hydroxylation is 12. The van der Waals surface area contributed by atoms with Crippen LogP contribution in [0.3, 0.4) is 0 Å². The highest BCUT2D eigenvalue weighted by Crippen LogP contribution is 2.32. The van der Waals surface area contributed by atoms with Gasteiger partial charge in [-0.25, -0.2) is 22.8 Å². The molecule has 15 aromatic rings. The Hall–Kier alpha value is -8.70. The predicted octanol–water partition coefficient (Wildman–Crippen LogP) is 20.3. The second-order valence-corrected chi connectivity index (χ2v) is 29.4. The van der Waals surface area contributed by atoms with Crippen molar-refractivity contribution in [1.29, 1.82) is 0 Å². The van der Waals surface area contributed by atoms with Crippen molar-refractivity contribution in [2.45, 2.75) is 110 Å². The summed E-state index contributed by atoms with van der Waals surface area (Å²) in [6.45, 7) is 23.0. The van der Waals surface area contributed by atoms with Crippen LogP contribution in [0.5, 0.6) is 0 Å². The van der Waals surface area contributed by atoms with Crippen molar-refractivity contribution >= 4 is 108 Å². The topological polar surface area (TPSA) is 83.8 Å². The fourth-order valence-electron chi connectivity index (χ4n) is 11.6. The Morgan fingerprint density at radius 2 is 0.573 bits per heavy atom. The fourth-order valence-corrected chi connectivity index (χ4v) is 15.9. The smallest absolute Gasteiger partial charge is 0.225 e. The highest BCUT2D eigenvalue weighted by atomic mass is 32.1. The molecule has 492 valence electrons. The summed E-state index contributed by atoms with van der Waals surface area (Å²) >= 11 is 8.57. The van der Waals surface area contributed by atoms with Gasteiger partial charge in [-0.15, -0.1) is 0 Å². The number of rotatable bonds is 7. The third-order valence-corrected chi connectivity index (χ3v) is 21.9.